The second-order valence-electron chi connectivity index (χ2n) is 5.61. The molecule has 1 heterocycles. The van der Waals surface area contributed by atoms with Crippen LogP contribution in [0.3, 0.4) is 0 Å². The van der Waals surface area contributed by atoms with Gasteiger partial charge in [-0.25, -0.2) is 0 Å². The molecule has 2 unspecified atom stereocenters. The molecule has 1 aromatic rings. The molecule has 0 amide bonds. The zero-order valence-electron chi connectivity index (χ0n) is 15.4. The summed E-state index contributed by atoms with van der Waals surface area (Å²) in [5.41, 5.74) is 9.30. The highest BCUT2D eigenvalue weighted by Gasteiger charge is 2.37. The van der Waals surface area contributed by atoms with Crippen LogP contribution in [0.5, 0.6) is 0 Å². The Balaban J connectivity index is 0.000000921. The van der Waals surface area contributed by atoms with Crippen molar-refractivity contribution < 1.29 is 0 Å². The zero-order valence-corrected chi connectivity index (χ0v) is 15.4. The van der Waals surface area contributed by atoms with Crippen LogP contribution in [0.25, 0.3) is 0 Å². The smallest absolute Gasteiger partial charge is 0.0627 e. The molecule has 1 aromatic carbocycles. The number of para-hydroxylation sites is 1. The van der Waals surface area contributed by atoms with Gasteiger partial charge in [-0.1, -0.05) is 39.8 Å². The summed E-state index contributed by atoms with van der Waals surface area (Å²) in [5, 5.41) is 3.56. The van der Waals surface area contributed by atoms with Gasteiger partial charge in [-0.05, 0) is 46.4 Å². The fraction of sp³-hybridized carbons (Fsp3) is 0.667. The van der Waals surface area contributed by atoms with Crippen molar-refractivity contribution in [3.8, 4) is 0 Å². The first kappa shape index (κ1) is 19.8. The van der Waals surface area contributed by atoms with Gasteiger partial charge < -0.3 is 11.1 Å². The molecule has 0 bridgehead atoms. The maximum Gasteiger partial charge on any atom is 0.0627 e. The van der Waals surface area contributed by atoms with Crippen LogP contribution in [0, 0.1) is 0 Å². The van der Waals surface area contributed by atoms with Gasteiger partial charge in [-0.3, -0.25) is 4.90 Å². The molecule has 0 spiro atoms. The van der Waals surface area contributed by atoms with Crippen molar-refractivity contribution in [3.05, 3.63) is 23.8 Å². The molecule has 0 saturated heterocycles. The molecule has 0 aliphatic carbocycles. The summed E-state index contributed by atoms with van der Waals surface area (Å²) in [7, 11) is 2.18. The maximum absolute atomic E-state index is 6.10. The third kappa shape index (κ3) is 3.91. The number of benzene rings is 1. The molecule has 3 heteroatoms. The van der Waals surface area contributed by atoms with E-state index < -0.39 is 0 Å². The van der Waals surface area contributed by atoms with E-state index in [0.717, 1.165) is 11.4 Å². The molecule has 0 fully saturated rings. The maximum atomic E-state index is 6.10. The highest BCUT2D eigenvalue weighted by Crippen LogP contribution is 2.40. The summed E-state index contributed by atoms with van der Waals surface area (Å²) in [4.78, 5) is 2.41. The lowest BCUT2D eigenvalue weighted by atomic mass is 9.90. The van der Waals surface area contributed by atoms with Crippen LogP contribution in [0.2, 0.25) is 0 Å². The van der Waals surface area contributed by atoms with Gasteiger partial charge >= 0.3 is 0 Å². The van der Waals surface area contributed by atoms with Crippen LogP contribution < -0.4 is 11.1 Å². The average Bonchev–Trinajstić information content (AvgIpc) is 2.56. The molecule has 0 aromatic heterocycles. The molecule has 2 rings (SSSR count). The SMILES string of the molecule is CC.CC.CC1Nc2c(N)cccc2C(C)(C)N(C)C1C. The van der Waals surface area contributed by atoms with Crippen molar-refractivity contribution in [1.29, 1.82) is 0 Å². The largest absolute Gasteiger partial charge is 0.397 e. The van der Waals surface area contributed by atoms with Gasteiger partial charge in [0.2, 0.25) is 0 Å². The standard InChI is InChI=1S/C14H23N3.2C2H6/c1-9-10(2)17(5)14(3,4)11-7-6-8-12(15)13(11)16-9;2*1-2/h6-10,16H,15H2,1-5H3;2*1-2H3. The highest BCUT2D eigenvalue weighted by molar-refractivity contribution is 5.72. The third-order valence-corrected chi connectivity index (χ3v) is 4.34. The summed E-state index contributed by atoms with van der Waals surface area (Å²) in [6, 6.07) is 7.00. The molecule has 1 aliphatic heterocycles. The number of anilines is 2. The van der Waals surface area contributed by atoms with E-state index in [1.807, 2.05) is 39.8 Å². The number of nitrogens with two attached hydrogens (primary N) is 1. The molecular weight excluding hydrogens is 258 g/mol. The predicted octanol–water partition coefficient (Wildman–Crippen LogP) is 4.69. The van der Waals surface area contributed by atoms with E-state index in [1.54, 1.807) is 0 Å². The molecule has 3 nitrogen and oxygen atoms in total. The summed E-state index contributed by atoms with van der Waals surface area (Å²) >= 11 is 0. The molecule has 122 valence electrons. The van der Waals surface area contributed by atoms with E-state index in [2.05, 4.69) is 51.0 Å². The molecule has 3 N–H and O–H groups in total. The first-order chi connectivity index (χ1) is 9.85. The average molecular weight is 293 g/mol. The number of likely N-dealkylation sites (N-methyl/N-ethyl adjacent to an activating group) is 1. The topological polar surface area (TPSA) is 41.3 Å². The fourth-order valence-electron chi connectivity index (χ4n) is 2.62. The van der Waals surface area contributed by atoms with Gasteiger partial charge in [0.1, 0.15) is 0 Å². The molecular formula is C18H35N3. The minimum atomic E-state index is -0.0120. The Morgan fingerprint density at radius 3 is 2.14 bits per heavy atom. The van der Waals surface area contributed by atoms with E-state index in [-0.39, 0.29) is 5.54 Å². The van der Waals surface area contributed by atoms with E-state index in [0.29, 0.717) is 12.1 Å². The Labute approximate surface area is 131 Å². The fourth-order valence-corrected chi connectivity index (χ4v) is 2.62. The predicted molar refractivity (Wildman–Crippen MR) is 96.9 cm³/mol. The van der Waals surface area contributed by atoms with E-state index in [9.17, 15) is 0 Å². The van der Waals surface area contributed by atoms with Gasteiger partial charge in [0, 0.05) is 17.6 Å². The van der Waals surface area contributed by atoms with Gasteiger partial charge in [0.15, 0.2) is 0 Å². The number of nitrogens with zero attached hydrogens (tertiary/aromatic N) is 1. The van der Waals surface area contributed by atoms with Crippen LogP contribution in [0.1, 0.15) is 61.0 Å². The first-order valence-electron chi connectivity index (χ1n) is 8.24. The molecule has 0 radical (unpaired) electrons. The summed E-state index contributed by atoms with van der Waals surface area (Å²) in [6.07, 6.45) is 0. The van der Waals surface area contributed by atoms with Crippen molar-refractivity contribution in [2.75, 3.05) is 18.1 Å². The van der Waals surface area contributed by atoms with Crippen molar-refractivity contribution in [3.63, 3.8) is 0 Å². The number of nitrogens with one attached hydrogen (secondary N) is 1. The minimum Gasteiger partial charge on any atom is -0.397 e. The zero-order chi connectivity index (χ0) is 16.8. The van der Waals surface area contributed by atoms with E-state index >= 15 is 0 Å². The second kappa shape index (κ2) is 8.28. The quantitative estimate of drug-likeness (QED) is 0.682. The third-order valence-electron chi connectivity index (χ3n) is 4.34. The number of nitrogen functional groups attached to an aromatic ring is 1. The number of rotatable bonds is 0. The molecule has 1 aliphatic rings. The van der Waals surface area contributed by atoms with E-state index in [4.69, 9.17) is 5.73 Å². The number of hydrogen-bond acceptors (Lipinski definition) is 3. The van der Waals surface area contributed by atoms with Gasteiger partial charge in [0.25, 0.3) is 0 Å². The number of hydrogen-bond donors (Lipinski definition) is 2. The Hall–Kier alpha value is -1.22. The highest BCUT2D eigenvalue weighted by atomic mass is 15.2. The Morgan fingerprint density at radius 1 is 1.10 bits per heavy atom. The lowest BCUT2D eigenvalue weighted by Crippen LogP contribution is -2.47. The summed E-state index contributed by atoms with van der Waals surface area (Å²) < 4.78 is 0. The second-order valence-corrected chi connectivity index (χ2v) is 5.61. The normalized spacial score (nSPS) is 23.3. The monoisotopic (exact) mass is 293 g/mol. The summed E-state index contributed by atoms with van der Waals surface area (Å²) in [5.74, 6) is 0. The van der Waals surface area contributed by atoms with E-state index in [1.165, 1.54) is 5.56 Å². The van der Waals surface area contributed by atoms with Crippen LogP contribution >= 0.6 is 0 Å². The van der Waals surface area contributed by atoms with Crippen LogP contribution in [0.4, 0.5) is 11.4 Å². The molecule has 2 atom stereocenters. The van der Waals surface area contributed by atoms with Gasteiger partial charge in [0.05, 0.1) is 11.4 Å². The summed E-state index contributed by atoms with van der Waals surface area (Å²) in [6.45, 7) is 17.0. The Kier molecular flexibility index (Phi) is 7.80. The van der Waals surface area contributed by atoms with Gasteiger partial charge in [-0.15, -0.1) is 0 Å². The lowest BCUT2D eigenvalue weighted by Gasteiger charge is -2.39. The Bertz CT molecular complexity index is 426. The molecule has 21 heavy (non-hydrogen) atoms. The van der Waals surface area contributed by atoms with Crippen LogP contribution in [-0.4, -0.2) is 24.0 Å². The first-order valence-corrected chi connectivity index (χ1v) is 8.24. The van der Waals surface area contributed by atoms with Crippen molar-refractivity contribution in [2.45, 2.75) is 73.0 Å². The number of fused-ring (bicyclic) bond motifs is 1. The lowest BCUT2D eigenvalue weighted by molar-refractivity contribution is 0.106. The van der Waals surface area contributed by atoms with Gasteiger partial charge in [-0.2, -0.15) is 0 Å². The molecule has 0 saturated carbocycles. The van der Waals surface area contributed by atoms with Crippen molar-refractivity contribution >= 4 is 11.4 Å². The Morgan fingerprint density at radius 2 is 1.62 bits per heavy atom. The van der Waals surface area contributed by atoms with Crippen molar-refractivity contribution in [1.82, 2.24) is 4.90 Å². The van der Waals surface area contributed by atoms with Crippen LogP contribution in [0.15, 0.2) is 18.2 Å². The van der Waals surface area contributed by atoms with Crippen LogP contribution in [-0.2, 0) is 5.54 Å². The van der Waals surface area contributed by atoms with Crippen molar-refractivity contribution in [2.24, 2.45) is 0 Å². The minimum absolute atomic E-state index is 0.0120.